The zero-order valence-electron chi connectivity index (χ0n) is 19.5. The molecule has 1 atom stereocenters. The lowest BCUT2D eigenvalue weighted by molar-refractivity contribution is 0.0672. The third-order valence-electron chi connectivity index (χ3n) is 6.08. The van der Waals surface area contributed by atoms with Gasteiger partial charge in [0.05, 0.1) is 12.7 Å². The van der Waals surface area contributed by atoms with Gasteiger partial charge in [0.2, 0.25) is 0 Å². The highest BCUT2D eigenvalue weighted by Gasteiger charge is 2.25. The van der Waals surface area contributed by atoms with Crippen molar-refractivity contribution in [3.8, 4) is 5.75 Å². The van der Waals surface area contributed by atoms with Crippen LogP contribution in [0.5, 0.6) is 5.75 Å². The third-order valence-corrected chi connectivity index (χ3v) is 6.08. The van der Waals surface area contributed by atoms with Crippen molar-refractivity contribution in [2.75, 3.05) is 20.2 Å². The van der Waals surface area contributed by atoms with E-state index in [1.54, 1.807) is 26.3 Å². The summed E-state index contributed by atoms with van der Waals surface area (Å²) >= 11 is 0. The highest BCUT2D eigenvalue weighted by Crippen LogP contribution is 2.23. The molecule has 0 saturated carbocycles. The molecule has 2 N–H and O–H groups in total. The summed E-state index contributed by atoms with van der Waals surface area (Å²) in [7, 11) is 1.66. The Bertz CT molecular complexity index is 1180. The largest absolute Gasteiger partial charge is 0.496 e. The molecule has 0 bridgehead atoms. The SMILES string of the molecule is COc1ccccc1Cc1ccc(C(=O)N2CCCC(Cc3cc(C(N)=O)nc(C)n3)C2)cn1. The average molecular weight is 460 g/mol. The Morgan fingerprint density at radius 2 is 1.97 bits per heavy atom. The van der Waals surface area contributed by atoms with E-state index in [0.717, 1.165) is 35.5 Å². The average Bonchev–Trinajstić information content (AvgIpc) is 2.84. The number of pyridine rings is 1. The highest BCUT2D eigenvalue weighted by atomic mass is 16.5. The predicted octanol–water partition coefficient (Wildman–Crippen LogP) is 2.97. The van der Waals surface area contributed by atoms with E-state index in [1.165, 1.54) is 0 Å². The van der Waals surface area contributed by atoms with Crippen molar-refractivity contribution in [1.29, 1.82) is 0 Å². The number of benzene rings is 1. The Morgan fingerprint density at radius 3 is 2.71 bits per heavy atom. The summed E-state index contributed by atoms with van der Waals surface area (Å²) < 4.78 is 5.42. The van der Waals surface area contributed by atoms with Gasteiger partial charge >= 0.3 is 0 Å². The number of para-hydroxylation sites is 1. The fourth-order valence-corrected chi connectivity index (χ4v) is 4.45. The van der Waals surface area contributed by atoms with Crippen LogP contribution in [-0.4, -0.2) is 51.9 Å². The number of carbonyl (C=O) groups is 2. The lowest BCUT2D eigenvalue weighted by Crippen LogP contribution is -2.40. The first-order valence-electron chi connectivity index (χ1n) is 11.4. The second kappa shape index (κ2) is 10.4. The number of aryl methyl sites for hydroxylation is 1. The van der Waals surface area contributed by atoms with Crippen LogP contribution in [-0.2, 0) is 12.8 Å². The lowest BCUT2D eigenvalue weighted by Gasteiger charge is -2.32. The molecule has 1 saturated heterocycles. The van der Waals surface area contributed by atoms with Crippen molar-refractivity contribution in [1.82, 2.24) is 19.9 Å². The summed E-state index contributed by atoms with van der Waals surface area (Å²) in [5.74, 6) is 1.03. The summed E-state index contributed by atoms with van der Waals surface area (Å²) in [6.07, 6.45) is 4.88. The molecule has 1 aromatic carbocycles. The van der Waals surface area contributed by atoms with E-state index in [4.69, 9.17) is 10.5 Å². The van der Waals surface area contributed by atoms with Crippen molar-refractivity contribution < 1.29 is 14.3 Å². The third kappa shape index (κ3) is 5.57. The molecular formula is C26H29N5O3. The topological polar surface area (TPSA) is 111 Å². The van der Waals surface area contributed by atoms with Crippen molar-refractivity contribution in [2.24, 2.45) is 11.7 Å². The van der Waals surface area contributed by atoms with Crippen molar-refractivity contribution in [3.05, 3.63) is 82.7 Å². The minimum Gasteiger partial charge on any atom is -0.496 e. The van der Waals surface area contributed by atoms with E-state index >= 15 is 0 Å². The van der Waals surface area contributed by atoms with Gasteiger partial charge in [-0.2, -0.15) is 0 Å². The number of methoxy groups -OCH3 is 1. The molecule has 2 aromatic heterocycles. The zero-order chi connectivity index (χ0) is 24.1. The maximum atomic E-state index is 13.1. The minimum absolute atomic E-state index is 0.0160. The summed E-state index contributed by atoms with van der Waals surface area (Å²) in [6.45, 7) is 3.10. The number of nitrogens with zero attached hydrogens (tertiary/aromatic N) is 4. The Balaban J connectivity index is 1.40. The monoisotopic (exact) mass is 459 g/mol. The van der Waals surface area contributed by atoms with E-state index in [1.807, 2.05) is 41.3 Å². The molecule has 4 rings (SSSR count). The van der Waals surface area contributed by atoms with Gasteiger partial charge in [0.1, 0.15) is 17.3 Å². The summed E-state index contributed by atoms with van der Waals surface area (Å²) in [5.41, 5.74) is 8.90. The van der Waals surface area contributed by atoms with Gasteiger partial charge < -0.3 is 15.4 Å². The standard InChI is InChI=1S/C26H29N5O3/c1-17-29-22(14-23(30-17)25(27)32)12-18-6-5-11-31(16-18)26(33)20-9-10-21(28-15-20)13-19-7-3-4-8-24(19)34-2/h3-4,7-10,14-15,18H,5-6,11-13,16H2,1-2H3,(H2,27,32). The van der Waals surface area contributed by atoms with E-state index < -0.39 is 5.91 Å². The number of primary amides is 1. The molecule has 34 heavy (non-hydrogen) atoms. The summed E-state index contributed by atoms with van der Waals surface area (Å²) in [5, 5.41) is 0. The van der Waals surface area contributed by atoms with Gasteiger partial charge in [-0.15, -0.1) is 0 Å². The highest BCUT2D eigenvalue weighted by molar-refractivity contribution is 5.94. The molecular weight excluding hydrogens is 430 g/mol. The van der Waals surface area contributed by atoms with Gasteiger partial charge in [0, 0.05) is 42.7 Å². The van der Waals surface area contributed by atoms with Crippen LogP contribution < -0.4 is 10.5 Å². The second-order valence-corrected chi connectivity index (χ2v) is 8.65. The Hall–Kier alpha value is -3.81. The molecule has 3 heterocycles. The maximum Gasteiger partial charge on any atom is 0.267 e. The number of carbonyl (C=O) groups excluding carboxylic acids is 2. The fourth-order valence-electron chi connectivity index (χ4n) is 4.45. The van der Waals surface area contributed by atoms with Crippen molar-refractivity contribution >= 4 is 11.8 Å². The molecule has 1 unspecified atom stereocenters. The second-order valence-electron chi connectivity index (χ2n) is 8.65. The van der Waals surface area contributed by atoms with Crippen LogP contribution >= 0.6 is 0 Å². The number of likely N-dealkylation sites (tertiary alicyclic amines) is 1. The summed E-state index contributed by atoms with van der Waals surface area (Å²) in [6, 6.07) is 13.2. The molecule has 1 aliphatic rings. The van der Waals surface area contributed by atoms with Gasteiger partial charge in [-0.25, -0.2) is 9.97 Å². The maximum absolute atomic E-state index is 13.1. The Kier molecular flexibility index (Phi) is 7.15. The van der Waals surface area contributed by atoms with Crippen LogP contribution in [0.4, 0.5) is 0 Å². The van der Waals surface area contributed by atoms with Crippen LogP contribution in [0.1, 0.15) is 56.5 Å². The molecule has 0 spiro atoms. The van der Waals surface area contributed by atoms with Crippen LogP contribution in [0.3, 0.4) is 0 Å². The number of rotatable bonds is 7. The lowest BCUT2D eigenvalue weighted by atomic mass is 9.92. The number of hydrogen-bond donors (Lipinski definition) is 1. The quantitative estimate of drug-likeness (QED) is 0.581. The van der Waals surface area contributed by atoms with E-state index in [0.29, 0.717) is 37.3 Å². The van der Waals surface area contributed by atoms with Gasteiger partial charge in [-0.3, -0.25) is 14.6 Å². The molecule has 0 radical (unpaired) electrons. The molecule has 1 aliphatic heterocycles. The predicted molar refractivity (Wildman–Crippen MR) is 128 cm³/mol. The van der Waals surface area contributed by atoms with Gasteiger partial charge in [0.15, 0.2) is 0 Å². The molecule has 176 valence electrons. The summed E-state index contributed by atoms with van der Waals surface area (Å²) in [4.78, 5) is 39.6. The normalized spacial score (nSPS) is 15.7. The van der Waals surface area contributed by atoms with Gasteiger partial charge in [-0.05, 0) is 56.4 Å². The van der Waals surface area contributed by atoms with Crippen molar-refractivity contribution in [2.45, 2.75) is 32.6 Å². The molecule has 8 nitrogen and oxygen atoms in total. The first kappa shape index (κ1) is 23.4. The first-order chi connectivity index (χ1) is 16.4. The van der Waals surface area contributed by atoms with Crippen molar-refractivity contribution in [3.63, 3.8) is 0 Å². The minimum atomic E-state index is -0.561. The van der Waals surface area contributed by atoms with E-state index in [2.05, 4.69) is 15.0 Å². The first-order valence-corrected chi connectivity index (χ1v) is 11.4. The Morgan fingerprint density at radius 1 is 1.15 bits per heavy atom. The van der Waals surface area contributed by atoms with Crippen LogP contribution in [0.25, 0.3) is 0 Å². The number of aromatic nitrogens is 3. The van der Waals surface area contributed by atoms with E-state index in [-0.39, 0.29) is 17.5 Å². The van der Waals surface area contributed by atoms with Crippen LogP contribution in [0, 0.1) is 12.8 Å². The fraction of sp³-hybridized carbons (Fsp3) is 0.346. The molecule has 0 aliphatic carbocycles. The van der Waals surface area contributed by atoms with Crippen LogP contribution in [0.15, 0.2) is 48.7 Å². The molecule has 1 fully saturated rings. The molecule has 8 heteroatoms. The molecule has 3 aromatic rings. The molecule has 2 amide bonds. The smallest absolute Gasteiger partial charge is 0.267 e. The van der Waals surface area contributed by atoms with Gasteiger partial charge in [0.25, 0.3) is 11.8 Å². The number of ether oxygens (including phenoxy) is 1. The number of amides is 2. The van der Waals surface area contributed by atoms with Gasteiger partial charge in [-0.1, -0.05) is 18.2 Å². The van der Waals surface area contributed by atoms with E-state index in [9.17, 15) is 9.59 Å². The Labute approximate surface area is 199 Å². The number of hydrogen-bond acceptors (Lipinski definition) is 6. The van der Waals surface area contributed by atoms with Crippen LogP contribution in [0.2, 0.25) is 0 Å². The number of nitrogens with two attached hydrogens (primary N) is 1. The zero-order valence-corrected chi connectivity index (χ0v) is 19.5. The number of piperidine rings is 1.